The molecule has 1 aliphatic rings. The van der Waals surface area contributed by atoms with E-state index in [0.29, 0.717) is 17.5 Å². The van der Waals surface area contributed by atoms with Crippen LogP contribution in [0.25, 0.3) is 112 Å². The lowest BCUT2D eigenvalue weighted by molar-refractivity contribution is 0.595. The van der Waals surface area contributed by atoms with Gasteiger partial charge < -0.3 is 13.4 Å². The second-order valence-corrected chi connectivity index (χ2v) is 14.7. The zero-order valence-electron chi connectivity index (χ0n) is 30.7. The monoisotopic (exact) mass is 732 g/mol. The number of hydrogen-bond acceptors (Lipinski definition) is 5. The molecule has 0 saturated heterocycles. The highest BCUT2D eigenvalue weighted by atomic mass is 16.3. The molecular weight excluding hydrogens is 701 g/mol. The molecule has 268 valence electrons. The van der Waals surface area contributed by atoms with E-state index in [0.717, 1.165) is 73.9 Å². The van der Waals surface area contributed by atoms with Crippen molar-refractivity contribution in [2.45, 2.75) is 12.8 Å². The minimum Gasteiger partial charge on any atom is -0.456 e. The van der Waals surface area contributed by atoms with Crippen LogP contribution >= 0.6 is 0 Å². The maximum atomic E-state index is 6.65. The standard InChI is InChI=1S/C51H32N4O2/c1-3-12-31(13-4-1)49-52-50(32-14-5-2-6-15-32)54-51(53-49)34-22-25-39-41-28-33(23-27-44(41)56-46(39)29-34)36-18-11-21-45-48(36)40-26-24-35(30-47(40)57-45)55-42-19-9-7-16-37(42)38-17-8-10-20-43(38)55/h1-23,25,27-30H,24,26H2. The van der Waals surface area contributed by atoms with E-state index < -0.39 is 0 Å². The van der Waals surface area contributed by atoms with Gasteiger partial charge in [-0.1, -0.05) is 121 Å². The molecule has 12 rings (SSSR count). The van der Waals surface area contributed by atoms with E-state index in [-0.39, 0.29) is 0 Å². The first-order valence-electron chi connectivity index (χ1n) is 19.3. The summed E-state index contributed by atoms with van der Waals surface area (Å²) in [6.45, 7) is 0. The summed E-state index contributed by atoms with van der Waals surface area (Å²) in [6.07, 6.45) is 4.05. The molecule has 4 aromatic heterocycles. The fourth-order valence-electron chi connectivity index (χ4n) is 8.74. The number of fused-ring (bicyclic) bond motifs is 9. The molecule has 0 amide bonds. The van der Waals surface area contributed by atoms with Gasteiger partial charge in [-0.2, -0.15) is 0 Å². The number of benzene rings is 7. The van der Waals surface area contributed by atoms with Crippen molar-refractivity contribution < 1.29 is 8.83 Å². The Morgan fingerprint density at radius 1 is 0.421 bits per heavy atom. The Kier molecular flexibility index (Phi) is 6.95. The van der Waals surface area contributed by atoms with Crippen LogP contribution in [0.4, 0.5) is 0 Å². The lowest BCUT2D eigenvalue weighted by Crippen LogP contribution is -2.03. The molecule has 0 atom stereocenters. The third-order valence-corrected chi connectivity index (χ3v) is 11.4. The molecule has 7 aromatic carbocycles. The third-order valence-electron chi connectivity index (χ3n) is 11.4. The maximum Gasteiger partial charge on any atom is 0.164 e. The third kappa shape index (κ3) is 5.07. The number of furan rings is 2. The van der Waals surface area contributed by atoms with E-state index in [2.05, 4.69) is 108 Å². The van der Waals surface area contributed by atoms with Crippen LogP contribution in [0.3, 0.4) is 0 Å². The molecule has 1 aliphatic carbocycles. The predicted octanol–water partition coefficient (Wildman–Crippen LogP) is 13.2. The number of para-hydroxylation sites is 2. The summed E-state index contributed by atoms with van der Waals surface area (Å²) < 4.78 is 15.6. The van der Waals surface area contributed by atoms with Gasteiger partial charge in [-0.05, 0) is 66.4 Å². The molecule has 6 nitrogen and oxygen atoms in total. The molecule has 0 fully saturated rings. The number of allylic oxidation sites excluding steroid dienone is 1. The molecular formula is C51H32N4O2. The van der Waals surface area contributed by atoms with Gasteiger partial charge in [0.1, 0.15) is 22.5 Å². The van der Waals surface area contributed by atoms with Crippen molar-refractivity contribution in [1.82, 2.24) is 19.5 Å². The van der Waals surface area contributed by atoms with Crippen LogP contribution in [0.1, 0.15) is 17.7 Å². The topological polar surface area (TPSA) is 69.9 Å². The molecule has 0 saturated carbocycles. The number of hydrogen-bond donors (Lipinski definition) is 0. The molecule has 57 heavy (non-hydrogen) atoms. The van der Waals surface area contributed by atoms with E-state index in [1.54, 1.807) is 0 Å². The number of rotatable bonds is 5. The molecule has 11 aromatic rings. The van der Waals surface area contributed by atoms with Crippen LogP contribution in [-0.2, 0) is 6.42 Å². The van der Waals surface area contributed by atoms with Crippen LogP contribution < -0.4 is 0 Å². The molecule has 0 radical (unpaired) electrons. The van der Waals surface area contributed by atoms with Crippen LogP contribution in [0.2, 0.25) is 0 Å². The first kappa shape index (κ1) is 31.7. The number of nitrogens with zero attached hydrogens (tertiary/aromatic N) is 4. The Bertz CT molecular complexity index is 3300. The van der Waals surface area contributed by atoms with Crippen molar-refractivity contribution in [3.63, 3.8) is 0 Å². The normalized spacial score (nSPS) is 12.9. The summed E-state index contributed by atoms with van der Waals surface area (Å²) in [5.74, 6) is 2.79. The highest BCUT2D eigenvalue weighted by Crippen LogP contribution is 2.43. The Balaban J connectivity index is 0.948. The van der Waals surface area contributed by atoms with Gasteiger partial charge in [0.2, 0.25) is 0 Å². The molecule has 0 N–H and O–H groups in total. The Labute approximate surface area is 327 Å². The zero-order valence-corrected chi connectivity index (χ0v) is 30.7. The van der Waals surface area contributed by atoms with Crippen LogP contribution in [-0.4, -0.2) is 19.5 Å². The fourth-order valence-corrected chi connectivity index (χ4v) is 8.74. The van der Waals surface area contributed by atoms with Gasteiger partial charge in [-0.3, -0.25) is 0 Å². The van der Waals surface area contributed by atoms with E-state index in [4.69, 9.17) is 23.8 Å². The Hall–Kier alpha value is -7.57. The van der Waals surface area contributed by atoms with Crippen molar-refractivity contribution in [3.05, 3.63) is 175 Å². The van der Waals surface area contributed by atoms with Gasteiger partial charge in [0.25, 0.3) is 0 Å². The largest absolute Gasteiger partial charge is 0.456 e. The van der Waals surface area contributed by atoms with Crippen molar-refractivity contribution in [3.8, 4) is 45.3 Å². The van der Waals surface area contributed by atoms with E-state index in [1.165, 1.54) is 38.5 Å². The summed E-state index contributed by atoms with van der Waals surface area (Å²) in [4.78, 5) is 14.7. The molecule has 4 heterocycles. The van der Waals surface area contributed by atoms with Crippen molar-refractivity contribution in [2.24, 2.45) is 0 Å². The van der Waals surface area contributed by atoms with Gasteiger partial charge in [0.05, 0.1) is 11.0 Å². The summed E-state index contributed by atoms with van der Waals surface area (Å²) in [5.41, 5.74) is 12.5. The average Bonchev–Trinajstić information content (AvgIpc) is 3.95. The maximum absolute atomic E-state index is 6.65. The van der Waals surface area contributed by atoms with Crippen LogP contribution in [0, 0.1) is 0 Å². The predicted molar refractivity (Wildman–Crippen MR) is 231 cm³/mol. The smallest absolute Gasteiger partial charge is 0.164 e. The van der Waals surface area contributed by atoms with Crippen molar-refractivity contribution in [2.75, 3.05) is 0 Å². The van der Waals surface area contributed by atoms with Gasteiger partial charge in [-0.15, -0.1) is 0 Å². The SMILES string of the molecule is C1=C(n2c3ccccc3c3ccccc32)CCc2c1oc1cccc(-c3ccc4oc5cc(-c6nc(-c7ccccc7)nc(-c7ccccc7)n6)ccc5c4c3)c21. The summed E-state index contributed by atoms with van der Waals surface area (Å²) in [5, 5.41) is 5.81. The Morgan fingerprint density at radius 3 is 1.75 bits per heavy atom. The lowest BCUT2D eigenvalue weighted by atomic mass is 9.93. The lowest BCUT2D eigenvalue weighted by Gasteiger charge is -2.17. The first-order valence-corrected chi connectivity index (χ1v) is 19.3. The molecule has 0 spiro atoms. The summed E-state index contributed by atoms with van der Waals surface area (Å²) in [6, 6.07) is 56.6. The fraction of sp³-hybridized carbons (Fsp3) is 0.0392. The van der Waals surface area contributed by atoms with E-state index in [1.807, 2.05) is 66.7 Å². The highest BCUT2D eigenvalue weighted by molar-refractivity contribution is 6.12. The second kappa shape index (κ2) is 12.5. The molecule has 0 aliphatic heterocycles. The van der Waals surface area contributed by atoms with Gasteiger partial charge >= 0.3 is 0 Å². The summed E-state index contributed by atoms with van der Waals surface area (Å²) >= 11 is 0. The van der Waals surface area contributed by atoms with Crippen LogP contribution in [0.15, 0.2) is 173 Å². The molecule has 0 unspecified atom stereocenters. The van der Waals surface area contributed by atoms with Gasteiger partial charge in [0.15, 0.2) is 17.5 Å². The molecule has 6 heteroatoms. The highest BCUT2D eigenvalue weighted by Gasteiger charge is 2.24. The van der Waals surface area contributed by atoms with E-state index in [9.17, 15) is 0 Å². The van der Waals surface area contributed by atoms with Crippen molar-refractivity contribution in [1.29, 1.82) is 0 Å². The summed E-state index contributed by atoms with van der Waals surface area (Å²) in [7, 11) is 0. The average molecular weight is 733 g/mol. The minimum atomic E-state index is 0.595. The van der Waals surface area contributed by atoms with E-state index >= 15 is 0 Å². The quantitative estimate of drug-likeness (QED) is 0.176. The van der Waals surface area contributed by atoms with Gasteiger partial charge in [0, 0.05) is 61.0 Å². The Morgan fingerprint density at radius 2 is 1.05 bits per heavy atom. The zero-order chi connectivity index (χ0) is 37.5. The second-order valence-electron chi connectivity index (χ2n) is 14.7. The van der Waals surface area contributed by atoms with Gasteiger partial charge in [-0.25, -0.2) is 15.0 Å². The minimum absolute atomic E-state index is 0.595. The van der Waals surface area contributed by atoms with Crippen LogP contribution in [0.5, 0.6) is 0 Å². The number of aryl methyl sites for hydroxylation is 1. The van der Waals surface area contributed by atoms with Crippen molar-refractivity contribution >= 4 is 66.5 Å². The molecule has 0 bridgehead atoms. The first-order chi connectivity index (χ1) is 28.2. The number of aromatic nitrogens is 4.